The number of nitrogens with zero attached hydrogens (tertiary/aromatic N) is 2. The van der Waals surface area contributed by atoms with Gasteiger partial charge >= 0.3 is 0 Å². The number of non-ortho nitro benzene ring substituents is 1. The Morgan fingerprint density at radius 1 is 1.16 bits per heavy atom. The van der Waals surface area contributed by atoms with Gasteiger partial charge < -0.3 is 4.74 Å². The number of rotatable bonds is 3. The van der Waals surface area contributed by atoms with Gasteiger partial charge in [-0.05, 0) is 53.9 Å². The SMILES string of the molecule is O=[N+]([O-])c1cc(Br)c(Oc2ccc(Br)cn2)c(Br)c1. The largest absolute Gasteiger partial charge is 0.437 e. The maximum absolute atomic E-state index is 10.7. The Morgan fingerprint density at radius 3 is 2.26 bits per heavy atom. The van der Waals surface area contributed by atoms with E-state index in [2.05, 4.69) is 52.8 Å². The number of nitro benzene ring substituents is 1. The van der Waals surface area contributed by atoms with Crippen LogP contribution in [0.25, 0.3) is 0 Å². The first-order valence-corrected chi connectivity index (χ1v) is 7.28. The molecule has 0 N–H and O–H groups in total. The highest BCUT2D eigenvalue weighted by Crippen LogP contribution is 2.39. The standard InChI is InChI=1S/C11H5Br3N2O3/c12-6-1-2-10(15-5-6)19-11-8(13)3-7(16(17)18)4-9(11)14/h1-5H. The van der Waals surface area contributed by atoms with Gasteiger partial charge in [-0.2, -0.15) is 0 Å². The van der Waals surface area contributed by atoms with E-state index >= 15 is 0 Å². The lowest BCUT2D eigenvalue weighted by Gasteiger charge is -2.08. The van der Waals surface area contributed by atoms with Crippen molar-refractivity contribution in [3.05, 3.63) is 54.0 Å². The predicted octanol–water partition coefficient (Wildman–Crippen LogP) is 5.07. The summed E-state index contributed by atoms with van der Waals surface area (Å²) < 4.78 is 7.36. The third kappa shape index (κ3) is 3.52. The summed E-state index contributed by atoms with van der Waals surface area (Å²) in [5.41, 5.74) is -0.0325. The van der Waals surface area contributed by atoms with Crippen molar-refractivity contribution in [2.24, 2.45) is 0 Å². The summed E-state index contributed by atoms with van der Waals surface area (Å²) in [5.74, 6) is 0.818. The first-order valence-electron chi connectivity index (χ1n) is 4.90. The van der Waals surface area contributed by atoms with Gasteiger partial charge in [0.1, 0.15) is 0 Å². The van der Waals surface area contributed by atoms with Gasteiger partial charge in [0.2, 0.25) is 5.88 Å². The average molecular weight is 453 g/mol. The summed E-state index contributed by atoms with van der Waals surface area (Å²) in [6.07, 6.45) is 1.60. The van der Waals surface area contributed by atoms with Crippen molar-refractivity contribution >= 4 is 53.5 Å². The number of ether oxygens (including phenoxy) is 1. The van der Waals surface area contributed by atoms with E-state index in [-0.39, 0.29) is 5.69 Å². The molecule has 0 bridgehead atoms. The summed E-state index contributed by atoms with van der Waals surface area (Å²) >= 11 is 9.76. The lowest BCUT2D eigenvalue weighted by atomic mass is 10.3. The van der Waals surface area contributed by atoms with Gasteiger partial charge in [-0.15, -0.1) is 0 Å². The Labute approximate surface area is 133 Å². The normalized spacial score (nSPS) is 10.3. The average Bonchev–Trinajstić information content (AvgIpc) is 2.35. The van der Waals surface area contributed by atoms with Gasteiger partial charge in [0.15, 0.2) is 5.75 Å². The minimum atomic E-state index is -0.475. The van der Waals surface area contributed by atoms with Crippen LogP contribution in [-0.4, -0.2) is 9.91 Å². The van der Waals surface area contributed by atoms with Gasteiger partial charge in [-0.3, -0.25) is 10.1 Å². The van der Waals surface area contributed by atoms with Crippen molar-refractivity contribution in [2.75, 3.05) is 0 Å². The van der Waals surface area contributed by atoms with Gasteiger partial charge in [-0.1, -0.05) is 0 Å². The first kappa shape index (κ1) is 14.4. The fraction of sp³-hybridized carbons (Fsp3) is 0. The molecule has 0 saturated carbocycles. The molecule has 0 spiro atoms. The minimum Gasteiger partial charge on any atom is -0.437 e. The molecule has 98 valence electrons. The maximum Gasteiger partial charge on any atom is 0.271 e. The molecular weight excluding hydrogens is 448 g/mol. The molecule has 1 heterocycles. The topological polar surface area (TPSA) is 65.3 Å². The molecule has 5 nitrogen and oxygen atoms in total. The predicted molar refractivity (Wildman–Crippen MR) is 80.5 cm³/mol. The fourth-order valence-electron chi connectivity index (χ4n) is 1.28. The molecule has 0 aliphatic carbocycles. The maximum atomic E-state index is 10.7. The van der Waals surface area contributed by atoms with E-state index in [1.165, 1.54) is 12.1 Å². The van der Waals surface area contributed by atoms with Gasteiger partial charge in [-0.25, -0.2) is 4.98 Å². The van der Waals surface area contributed by atoms with Gasteiger partial charge in [0.05, 0.1) is 13.9 Å². The fourth-order valence-corrected chi connectivity index (χ4v) is 2.84. The van der Waals surface area contributed by atoms with Crippen LogP contribution in [0.5, 0.6) is 11.6 Å². The second kappa shape index (κ2) is 5.98. The molecule has 2 aromatic rings. The summed E-state index contributed by atoms with van der Waals surface area (Å²) in [7, 11) is 0. The highest BCUT2D eigenvalue weighted by atomic mass is 79.9. The summed E-state index contributed by atoms with van der Waals surface area (Å²) in [4.78, 5) is 14.3. The Morgan fingerprint density at radius 2 is 1.79 bits per heavy atom. The quantitative estimate of drug-likeness (QED) is 0.481. The Bertz CT molecular complexity index is 609. The van der Waals surface area contributed by atoms with E-state index in [4.69, 9.17) is 4.74 Å². The van der Waals surface area contributed by atoms with Crippen LogP contribution in [0.2, 0.25) is 0 Å². The molecule has 2 rings (SSSR count). The summed E-state index contributed by atoms with van der Waals surface area (Å²) in [6, 6.07) is 6.22. The van der Waals surface area contributed by atoms with Crippen LogP contribution in [0.3, 0.4) is 0 Å². The molecule has 1 aromatic heterocycles. The number of halogens is 3. The van der Waals surface area contributed by atoms with Crippen molar-refractivity contribution in [1.29, 1.82) is 0 Å². The van der Waals surface area contributed by atoms with Crippen LogP contribution in [0.1, 0.15) is 0 Å². The molecular formula is C11H5Br3N2O3. The van der Waals surface area contributed by atoms with Crippen molar-refractivity contribution in [1.82, 2.24) is 4.98 Å². The zero-order valence-electron chi connectivity index (χ0n) is 9.14. The van der Waals surface area contributed by atoms with E-state index in [1.54, 1.807) is 18.3 Å². The van der Waals surface area contributed by atoms with Gasteiger partial charge in [0.25, 0.3) is 5.69 Å². The molecule has 0 fully saturated rings. The number of pyridine rings is 1. The number of nitro groups is 1. The summed E-state index contributed by atoms with van der Waals surface area (Å²) in [6.45, 7) is 0. The van der Waals surface area contributed by atoms with E-state index in [0.717, 1.165) is 4.47 Å². The summed E-state index contributed by atoms with van der Waals surface area (Å²) in [5, 5.41) is 10.7. The zero-order chi connectivity index (χ0) is 14.0. The number of hydrogen-bond acceptors (Lipinski definition) is 4. The van der Waals surface area contributed by atoms with E-state index in [0.29, 0.717) is 20.6 Å². The minimum absolute atomic E-state index is 0.0325. The molecule has 0 unspecified atom stereocenters. The van der Waals surface area contributed by atoms with Crippen molar-refractivity contribution in [2.45, 2.75) is 0 Å². The van der Waals surface area contributed by atoms with E-state index in [1.807, 2.05) is 0 Å². The second-order valence-corrected chi connectivity index (χ2v) is 6.04. The molecule has 0 radical (unpaired) electrons. The third-order valence-electron chi connectivity index (χ3n) is 2.10. The highest BCUT2D eigenvalue weighted by Gasteiger charge is 2.16. The molecule has 0 atom stereocenters. The molecule has 1 aromatic carbocycles. The second-order valence-electron chi connectivity index (χ2n) is 3.41. The Balaban J connectivity index is 2.35. The van der Waals surface area contributed by atoms with Gasteiger partial charge in [0, 0.05) is 28.9 Å². The molecule has 0 amide bonds. The molecule has 0 aliphatic heterocycles. The van der Waals surface area contributed by atoms with Crippen molar-refractivity contribution < 1.29 is 9.66 Å². The molecule has 8 heteroatoms. The smallest absolute Gasteiger partial charge is 0.271 e. The van der Waals surface area contributed by atoms with Crippen LogP contribution in [0.15, 0.2) is 43.9 Å². The monoisotopic (exact) mass is 450 g/mol. The van der Waals surface area contributed by atoms with Crippen LogP contribution >= 0.6 is 47.8 Å². The molecule has 0 aliphatic rings. The number of benzene rings is 1. The van der Waals surface area contributed by atoms with Crippen molar-refractivity contribution in [3.63, 3.8) is 0 Å². The lowest BCUT2D eigenvalue weighted by molar-refractivity contribution is -0.385. The lowest BCUT2D eigenvalue weighted by Crippen LogP contribution is -1.93. The van der Waals surface area contributed by atoms with E-state index in [9.17, 15) is 10.1 Å². The molecule has 19 heavy (non-hydrogen) atoms. The number of aromatic nitrogens is 1. The van der Waals surface area contributed by atoms with E-state index < -0.39 is 4.92 Å². The highest BCUT2D eigenvalue weighted by molar-refractivity contribution is 9.11. The van der Waals surface area contributed by atoms with Crippen LogP contribution in [0, 0.1) is 10.1 Å². The number of hydrogen-bond donors (Lipinski definition) is 0. The molecule has 0 saturated heterocycles. The van der Waals surface area contributed by atoms with Crippen LogP contribution in [0.4, 0.5) is 5.69 Å². The van der Waals surface area contributed by atoms with Crippen LogP contribution in [-0.2, 0) is 0 Å². The Hall–Kier alpha value is -0.990. The first-order chi connectivity index (χ1) is 8.97. The Kier molecular flexibility index (Phi) is 4.54. The van der Waals surface area contributed by atoms with Crippen LogP contribution < -0.4 is 4.74 Å². The third-order valence-corrected chi connectivity index (χ3v) is 3.75. The van der Waals surface area contributed by atoms with Crippen molar-refractivity contribution in [3.8, 4) is 11.6 Å². The zero-order valence-corrected chi connectivity index (χ0v) is 13.9.